The highest BCUT2D eigenvalue weighted by molar-refractivity contribution is 7.93. The number of rotatable bonds is 3. The van der Waals surface area contributed by atoms with Crippen molar-refractivity contribution in [2.75, 3.05) is 17.1 Å². The van der Waals surface area contributed by atoms with Crippen LogP contribution in [0.5, 0.6) is 0 Å². The number of nitrogen functional groups attached to an aromatic ring is 1. The van der Waals surface area contributed by atoms with Crippen molar-refractivity contribution in [2.24, 2.45) is 0 Å². The zero-order valence-corrected chi connectivity index (χ0v) is 11.8. The number of hydrogen-bond donors (Lipinski definition) is 1. The third-order valence-corrected chi connectivity index (χ3v) is 5.07. The molecule has 2 aromatic rings. The van der Waals surface area contributed by atoms with Crippen LogP contribution in [0, 0.1) is 0 Å². The number of benzene rings is 1. The maximum absolute atomic E-state index is 12.2. The van der Waals surface area contributed by atoms with E-state index in [0.717, 1.165) is 0 Å². The van der Waals surface area contributed by atoms with Gasteiger partial charge in [-0.05, 0) is 26.0 Å². The lowest BCUT2D eigenvalue weighted by molar-refractivity contribution is 0.585. The van der Waals surface area contributed by atoms with Crippen LogP contribution in [-0.2, 0) is 10.0 Å². The first-order valence-electron chi connectivity index (χ1n) is 5.82. The van der Waals surface area contributed by atoms with Crippen LogP contribution in [0.15, 0.2) is 24.5 Å². The molecule has 2 N–H and O–H groups in total. The van der Waals surface area contributed by atoms with Crippen molar-refractivity contribution in [3.63, 3.8) is 0 Å². The zero-order chi connectivity index (χ0) is 14.2. The molecule has 1 aromatic carbocycles. The Bertz CT molecular complexity index is 713. The fourth-order valence-corrected chi connectivity index (χ4v) is 2.89. The van der Waals surface area contributed by atoms with Gasteiger partial charge in [-0.1, -0.05) is 0 Å². The Morgan fingerprint density at radius 2 is 1.84 bits per heavy atom. The van der Waals surface area contributed by atoms with Gasteiger partial charge in [-0.15, -0.1) is 0 Å². The first-order chi connectivity index (χ1) is 8.85. The summed E-state index contributed by atoms with van der Waals surface area (Å²) < 4.78 is 25.7. The standard InChI is InChI=1S/C12H16N4O2S/c1-8(2)19(17,18)16(3)12-9(13)4-5-10-11(12)15-7-6-14-10/h4-8H,13H2,1-3H3. The normalized spacial score (nSPS) is 12.0. The Kier molecular flexibility index (Phi) is 3.32. The molecule has 0 fully saturated rings. The van der Waals surface area contributed by atoms with Crippen LogP contribution < -0.4 is 10.0 Å². The lowest BCUT2D eigenvalue weighted by Crippen LogP contribution is -2.33. The summed E-state index contributed by atoms with van der Waals surface area (Å²) in [5.74, 6) is 0. The first kappa shape index (κ1) is 13.5. The summed E-state index contributed by atoms with van der Waals surface area (Å²) in [6.45, 7) is 3.25. The molecule has 1 heterocycles. The Labute approximate surface area is 112 Å². The molecule has 0 saturated carbocycles. The summed E-state index contributed by atoms with van der Waals surface area (Å²) in [5.41, 5.74) is 7.74. The minimum absolute atomic E-state index is 0.361. The van der Waals surface area contributed by atoms with Crippen molar-refractivity contribution in [2.45, 2.75) is 19.1 Å². The molecular formula is C12H16N4O2S. The SMILES string of the molecule is CC(C)S(=O)(=O)N(C)c1c(N)ccc2nccnc12. The lowest BCUT2D eigenvalue weighted by atomic mass is 10.2. The molecule has 0 atom stereocenters. The van der Waals surface area contributed by atoms with Gasteiger partial charge in [0.25, 0.3) is 0 Å². The molecule has 6 nitrogen and oxygen atoms in total. The molecule has 0 saturated heterocycles. The van der Waals surface area contributed by atoms with Crippen LogP contribution in [0.4, 0.5) is 11.4 Å². The molecule has 0 bridgehead atoms. The van der Waals surface area contributed by atoms with Gasteiger partial charge in [-0.25, -0.2) is 8.42 Å². The summed E-state index contributed by atoms with van der Waals surface area (Å²) in [6, 6.07) is 3.36. The number of nitrogens with zero attached hydrogens (tertiary/aromatic N) is 3. The number of aromatic nitrogens is 2. The summed E-state index contributed by atoms with van der Waals surface area (Å²) in [6.07, 6.45) is 3.07. The molecule has 0 amide bonds. The van der Waals surface area contributed by atoms with Gasteiger partial charge < -0.3 is 5.73 Å². The lowest BCUT2D eigenvalue weighted by Gasteiger charge is -2.23. The molecule has 19 heavy (non-hydrogen) atoms. The van der Waals surface area contributed by atoms with Gasteiger partial charge in [0.1, 0.15) is 11.2 Å². The van der Waals surface area contributed by atoms with E-state index >= 15 is 0 Å². The summed E-state index contributed by atoms with van der Waals surface area (Å²) in [4.78, 5) is 8.34. The highest BCUT2D eigenvalue weighted by Crippen LogP contribution is 2.32. The van der Waals surface area contributed by atoms with E-state index in [0.29, 0.717) is 22.4 Å². The second kappa shape index (κ2) is 4.65. The third kappa shape index (κ3) is 2.21. The predicted molar refractivity (Wildman–Crippen MR) is 76.4 cm³/mol. The molecule has 2 rings (SSSR count). The highest BCUT2D eigenvalue weighted by Gasteiger charge is 2.26. The monoisotopic (exact) mass is 280 g/mol. The van der Waals surface area contributed by atoms with Crippen molar-refractivity contribution in [1.82, 2.24) is 9.97 Å². The van der Waals surface area contributed by atoms with Crippen LogP contribution in [0.2, 0.25) is 0 Å². The molecule has 0 aliphatic rings. The third-order valence-electron chi connectivity index (χ3n) is 2.94. The van der Waals surface area contributed by atoms with E-state index in [2.05, 4.69) is 9.97 Å². The average molecular weight is 280 g/mol. The fraction of sp³-hybridized carbons (Fsp3) is 0.333. The van der Waals surface area contributed by atoms with Gasteiger partial charge >= 0.3 is 0 Å². The second-order valence-corrected chi connectivity index (χ2v) is 7.01. The van der Waals surface area contributed by atoms with Gasteiger partial charge in [0, 0.05) is 19.4 Å². The van der Waals surface area contributed by atoms with Crippen LogP contribution in [0.3, 0.4) is 0 Å². The molecule has 0 aliphatic carbocycles. The van der Waals surface area contributed by atoms with Gasteiger partial charge in [0.2, 0.25) is 10.0 Å². The number of sulfonamides is 1. The molecule has 1 aromatic heterocycles. The van der Waals surface area contributed by atoms with Crippen LogP contribution in [-0.4, -0.2) is 30.7 Å². The molecule has 0 unspecified atom stereocenters. The highest BCUT2D eigenvalue weighted by atomic mass is 32.2. The Hall–Kier alpha value is -1.89. The predicted octanol–water partition coefficient (Wildman–Crippen LogP) is 1.39. The fourth-order valence-electron chi connectivity index (χ4n) is 1.81. The molecule has 0 aliphatic heterocycles. The molecule has 0 spiro atoms. The van der Waals surface area contributed by atoms with Crippen molar-refractivity contribution in [3.05, 3.63) is 24.5 Å². The average Bonchev–Trinajstić information content (AvgIpc) is 2.37. The van der Waals surface area contributed by atoms with Gasteiger partial charge in [-0.2, -0.15) is 0 Å². The van der Waals surface area contributed by atoms with Gasteiger partial charge in [0.15, 0.2) is 0 Å². The number of hydrogen-bond acceptors (Lipinski definition) is 5. The summed E-state index contributed by atoms with van der Waals surface area (Å²) in [5, 5.41) is -0.538. The maximum Gasteiger partial charge on any atom is 0.237 e. The number of nitrogens with two attached hydrogens (primary N) is 1. The minimum atomic E-state index is -3.46. The zero-order valence-electron chi connectivity index (χ0n) is 11.0. The molecule has 7 heteroatoms. The van der Waals surface area contributed by atoms with Crippen LogP contribution >= 0.6 is 0 Å². The van der Waals surface area contributed by atoms with E-state index in [1.807, 2.05) is 0 Å². The molecule has 102 valence electrons. The van der Waals surface area contributed by atoms with Gasteiger partial charge in [-0.3, -0.25) is 14.3 Å². The van der Waals surface area contributed by atoms with E-state index in [1.165, 1.54) is 17.5 Å². The Balaban J connectivity index is 2.72. The Morgan fingerprint density at radius 3 is 2.47 bits per heavy atom. The van der Waals surface area contributed by atoms with Crippen molar-refractivity contribution < 1.29 is 8.42 Å². The van der Waals surface area contributed by atoms with E-state index in [4.69, 9.17) is 5.73 Å². The largest absolute Gasteiger partial charge is 0.397 e. The summed E-state index contributed by atoms with van der Waals surface area (Å²) in [7, 11) is -1.98. The maximum atomic E-state index is 12.2. The van der Waals surface area contributed by atoms with E-state index in [1.54, 1.807) is 32.2 Å². The van der Waals surface area contributed by atoms with Crippen molar-refractivity contribution in [3.8, 4) is 0 Å². The molecular weight excluding hydrogens is 264 g/mol. The van der Waals surface area contributed by atoms with Crippen LogP contribution in [0.1, 0.15) is 13.8 Å². The second-order valence-electron chi connectivity index (χ2n) is 4.49. The van der Waals surface area contributed by atoms with Crippen molar-refractivity contribution >= 4 is 32.4 Å². The van der Waals surface area contributed by atoms with Crippen molar-refractivity contribution in [1.29, 1.82) is 0 Å². The topological polar surface area (TPSA) is 89.2 Å². The van der Waals surface area contributed by atoms with E-state index in [-0.39, 0.29) is 0 Å². The van der Waals surface area contributed by atoms with Gasteiger partial charge in [0.05, 0.1) is 16.5 Å². The van der Waals surface area contributed by atoms with E-state index < -0.39 is 15.3 Å². The number of fused-ring (bicyclic) bond motifs is 1. The number of anilines is 2. The minimum Gasteiger partial charge on any atom is -0.397 e. The smallest absolute Gasteiger partial charge is 0.237 e. The van der Waals surface area contributed by atoms with E-state index in [9.17, 15) is 8.42 Å². The first-order valence-corrected chi connectivity index (χ1v) is 7.33. The molecule has 0 radical (unpaired) electrons. The summed E-state index contributed by atoms with van der Waals surface area (Å²) >= 11 is 0. The van der Waals surface area contributed by atoms with Crippen LogP contribution in [0.25, 0.3) is 11.0 Å². The quantitative estimate of drug-likeness (QED) is 0.858. The Morgan fingerprint density at radius 1 is 1.21 bits per heavy atom.